The van der Waals surface area contributed by atoms with Crippen LogP contribution in [-0.4, -0.2) is 29.9 Å². The summed E-state index contributed by atoms with van der Waals surface area (Å²) in [6.07, 6.45) is 7.95. The normalized spacial score (nSPS) is 25.2. The van der Waals surface area contributed by atoms with E-state index >= 15 is 0 Å². The van der Waals surface area contributed by atoms with E-state index in [0.717, 1.165) is 18.2 Å². The lowest BCUT2D eigenvalue weighted by Crippen LogP contribution is -2.49. The average Bonchev–Trinajstić information content (AvgIpc) is 2.55. The standard InChI is InChI=1S/C20H30N2O/c1-15(2)17-10-4-5-11-18(17)21-20(23)14-22-13-7-9-16-8-3-6-12-19(16)22/h4-5,10-11,15-16,19H,3,6-9,12-14H2,1-2H3,(H,21,23)/t16-,19+/m1/s1. The summed E-state index contributed by atoms with van der Waals surface area (Å²) < 4.78 is 0. The fraction of sp³-hybridized carbons (Fsp3) is 0.650. The number of amides is 1. The fourth-order valence-electron chi connectivity index (χ4n) is 4.41. The topological polar surface area (TPSA) is 32.3 Å². The van der Waals surface area contributed by atoms with Crippen molar-refractivity contribution in [1.29, 1.82) is 0 Å². The predicted octanol–water partition coefficient (Wildman–Crippen LogP) is 4.40. The second-order valence-electron chi connectivity index (χ2n) is 7.51. The highest BCUT2D eigenvalue weighted by atomic mass is 16.2. The first-order valence-corrected chi connectivity index (χ1v) is 9.28. The van der Waals surface area contributed by atoms with Crippen LogP contribution in [0.25, 0.3) is 0 Å². The molecule has 1 aliphatic carbocycles. The van der Waals surface area contributed by atoms with Gasteiger partial charge in [0.25, 0.3) is 0 Å². The van der Waals surface area contributed by atoms with Gasteiger partial charge in [0, 0.05) is 11.7 Å². The quantitative estimate of drug-likeness (QED) is 0.893. The van der Waals surface area contributed by atoms with Crippen LogP contribution in [0, 0.1) is 5.92 Å². The van der Waals surface area contributed by atoms with E-state index in [-0.39, 0.29) is 5.91 Å². The van der Waals surface area contributed by atoms with Gasteiger partial charge in [-0.05, 0) is 55.7 Å². The number of benzene rings is 1. The van der Waals surface area contributed by atoms with Crippen molar-refractivity contribution in [3.8, 4) is 0 Å². The van der Waals surface area contributed by atoms with Crippen LogP contribution in [0.3, 0.4) is 0 Å². The number of nitrogens with one attached hydrogen (secondary N) is 1. The fourth-order valence-corrected chi connectivity index (χ4v) is 4.41. The van der Waals surface area contributed by atoms with Crippen molar-refractivity contribution in [2.45, 2.75) is 64.3 Å². The Balaban J connectivity index is 1.63. The minimum Gasteiger partial charge on any atom is -0.325 e. The number of likely N-dealkylation sites (tertiary alicyclic amines) is 1. The Hall–Kier alpha value is -1.35. The molecule has 0 unspecified atom stereocenters. The third-order valence-corrected chi connectivity index (χ3v) is 5.56. The minimum absolute atomic E-state index is 0.143. The van der Waals surface area contributed by atoms with Gasteiger partial charge in [-0.15, -0.1) is 0 Å². The van der Waals surface area contributed by atoms with Gasteiger partial charge in [-0.2, -0.15) is 0 Å². The van der Waals surface area contributed by atoms with E-state index in [9.17, 15) is 4.79 Å². The van der Waals surface area contributed by atoms with Crippen LogP contribution in [-0.2, 0) is 4.79 Å². The number of hydrogen-bond acceptors (Lipinski definition) is 2. The molecule has 2 aliphatic rings. The molecule has 3 nitrogen and oxygen atoms in total. The van der Waals surface area contributed by atoms with E-state index in [0.29, 0.717) is 18.5 Å². The molecule has 0 aromatic heterocycles. The largest absolute Gasteiger partial charge is 0.325 e. The van der Waals surface area contributed by atoms with Gasteiger partial charge in [-0.1, -0.05) is 44.9 Å². The molecule has 1 saturated carbocycles. The molecule has 1 aromatic rings. The summed E-state index contributed by atoms with van der Waals surface area (Å²) in [7, 11) is 0. The number of rotatable bonds is 4. The van der Waals surface area contributed by atoms with Crippen LogP contribution in [0.4, 0.5) is 5.69 Å². The zero-order valence-electron chi connectivity index (χ0n) is 14.6. The van der Waals surface area contributed by atoms with Crippen LogP contribution >= 0.6 is 0 Å². The van der Waals surface area contributed by atoms with Crippen LogP contribution in [0.2, 0.25) is 0 Å². The molecular formula is C20H30N2O. The molecule has 1 amide bonds. The van der Waals surface area contributed by atoms with Gasteiger partial charge in [0.2, 0.25) is 5.91 Å². The van der Waals surface area contributed by atoms with Gasteiger partial charge in [-0.3, -0.25) is 9.69 Å². The maximum absolute atomic E-state index is 12.6. The van der Waals surface area contributed by atoms with Gasteiger partial charge < -0.3 is 5.32 Å². The third kappa shape index (κ3) is 3.95. The van der Waals surface area contributed by atoms with Crippen molar-refractivity contribution < 1.29 is 4.79 Å². The van der Waals surface area contributed by atoms with Gasteiger partial charge >= 0.3 is 0 Å². The molecule has 1 N–H and O–H groups in total. The monoisotopic (exact) mass is 314 g/mol. The zero-order chi connectivity index (χ0) is 16.2. The van der Waals surface area contributed by atoms with Crippen LogP contribution in [0.5, 0.6) is 0 Å². The van der Waals surface area contributed by atoms with E-state index in [1.807, 2.05) is 18.2 Å². The van der Waals surface area contributed by atoms with Crippen LogP contribution < -0.4 is 5.32 Å². The molecule has 3 rings (SSSR count). The number of para-hydroxylation sites is 1. The van der Waals surface area contributed by atoms with Gasteiger partial charge in [0.05, 0.1) is 6.54 Å². The molecule has 2 atom stereocenters. The average molecular weight is 314 g/mol. The Morgan fingerprint density at radius 1 is 1.17 bits per heavy atom. The second-order valence-corrected chi connectivity index (χ2v) is 7.51. The lowest BCUT2D eigenvalue weighted by atomic mass is 9.78. The van der Waals surface area contributed by atoms with Gasteiger partial charge in [-0.25, -0.2) is 0 Å². The lowest BCUT2D eigenvalue weighted by molar-refractivity contribution is -0.118. The predicted molar refractivity (Wildman–Crippen MR) is 95.7 cm³/mol. The highest BCUT2D eigenvalue weighted by Gasteiger charge is 2.33. The highest BCUT2D eigenvalue weighted by Crippen LogP contribution is 2.35. The molecule has 126 valence electrons. The highest BCUT2D eigenvalue weighted by molar-refractivity contribution is 5.93. The SMILES string of the molecule is CC(C)c1ccccc1NC(=O)CN1CCC[C@H]2CCCC[C@@H]21. The molecule has 2 fully saturated rings. The Kier molecular flexibility index (Phi) is 5.37. The molecule has 0 bridgehead atoms. The second kappa shape index (κ2) is 7.48. The van der Waals surface area contributed by atoms with E-state index < -0.39 is 0 Å². The Bertz CT molecular complexity index is 538. The number of carbonyl (C=O) groups is 1. The minimum atomic E-state index is 0.143. The first-order chi connectivity index (χ1) is 11.1. The summed E-state index contributed by atoms with van der Waals surface area (Å²) in [5.41, 5.74) is 2.19. The molecule has 1 saturated heterocycles. The maximum atomic E-state index is 12.6. The van der Waals surface area contributed by atoms with E-state index in [4.69, 9.17) is 0 Å². The van der Waals surface area contributed by atoms with Crippen LogP contribution in [0.15, 0.2) is 24.3 Å². The number of anilines is 1. The number of fused-ring (bicyclic) bond motifs is 1. The summed E-state index contributed by atoms with van der Waals surface area (Å²) in [6, 6.07) is 8.82. The zero-order valence-corrected chi connectivity index (χ0v) is 14.6. The number of hydrogen-bond donors (Lipinski definition) is 1. The van der Waals surface area contributed by atoms with E-state index in [2.05, 4.69) is 30.1 Å². The first kappa shape index (κ1) is 16.5. The van der Waals surface area contributed by atoms with E-state index in [1.54, 1.807) is 0 Å². The third-order valence-electron chi connectivity index (χ3n) is 5.56. The lowest BCUT2D eigenvalue weighted by Gasteiger charge is -2.43. The smallest absolute Gasteiger partial charge is 0.238 e. The van der Waals surface area contributed by atoms with Gasteiger partial charge in [0.15, 0.2) is 0 Å². The van der Waals surface area contributed by atoms with Crippen molar-refractivity contribution in [3.63, 3.8) is 0 Å². The Labute approximate surface area is 140 Å². The van der Waals surface area contributed by atoms with Crippen LogP contribution in [0.1, 0.15) is 63.9 Å². The number of nitrogens with zero attached hydrogens (tertiary/aromatic N) is 1. The summed E-state index contributed by atoms with van der Waals surface area (Å²) in [5.74, 6) is 1.39. The van der Waals surface area contributed by atoms with Crippen molar-refractivity contribution in [1.82, 2.24) is 4.90 Å². The maximum Gasteiger partial charge on any atom is 0.238 e. The Morgan fingerprint density at radius 3 is 2.74 bits per heavy atom. The number of carbonyl (C=O) groups excluding carboxylic acids is 1. The van der Waals surface area contributed by atoms with Crippen molar-refractivity contribution in [2.75, 3.05) is 18.4 Å². The van der Waals surface area contributed by atoms with Crippen molar-refractivity contribution in [2.24, 2.45) is 5.92 Å². The summed E-state index contributed by atoms with van der Waals surface area (Å²) >= 11 is 0. The van der Waals surface area contributed by atoms with Crippen molar-refractivity contribution in [3.05, 3.63) is 29.8 Å². The molecule has 3 heteroatoms. The van der Waals surface area contributed by atoms with Gasteiger partial charge in [0.1, 0.15) is 0 Å². The molecule has 23 heavy (non-hydrogen) atoms. The molecule has 0 spiro atoms. The Morgan fingerprint density at radius 2 is 1.91 bits per heavy atom. The van der Waals surface area contributed by atoms with Crippen molar-refractivity contribution >= 4 is 11.6 Å². The molecular weight excluding hydrogens is 284 g/mol. The van der Waals surface area contributed by atoms with E-state index in [1.165, 1.54) is 44.1 Å². The summed E-state index contributed by atoms with van der Waals surface area (Å²) in [5, 5.41) is 3.15. The molecule has 0 radical (unpaired) electrons. The summed E-state index contributed by atoms with van der Waals surface area (Å²) in [6.45, 7) is 5.97. The molecule has 1 heterocycles. The molecule has 1 aromatic carbocycles. The first-order valence-electron chi connectivity index (χ1n) is 9.28. The number of piperidine rings is 1. The summed E-state index contributed by atoms with van der Waals surface area (Å²) in [4.78, 5) is 15.0. The molecule has 1 aliphatic heterocycles.